The summed E-state index contributed by atoms with van der Waals surface area (Å²) in [7, 11) is 3.12. The first kappa shape index (κ1) is 14.8. The summed E-state index contributed by atoms with van der Waals surface area (Å²) < 4.78 is 13.6. The standard InChI is InChI=1S/C9H19N2O2PS/c1-6-8(3)15-14(13,10-4)11(5)9(12)7-2/h7-8H,2,6H2,1,3-5H3,(H,10,13). The van der Waals surface area contributed by atoms with Crippen LogP contribution in [0.3, 0.4) is 0 Å². The lowest BCUT2D eigenvalue weighted by molar-refractivity contribution is -0.120. The number of amides is 1. The molecule has 0 aromatic heterocycles. The molecule has 0 saturated carbocycles. The van der Waals surface area contributed by atoms with E-state index in [1.165, 1.54) is 29.2 Å². The van der Waals surface area contributed by atoms with E-state index in [1.807, 2.05) is 13.8 Å². The van der Waals surface area contributed by atoms with Crippen molar-refractivity contribution in [1.29, 1.82) is 0 Å². The van der Waals surface area contributed by atoms with Gasteiger partial charge in [0.1, 0.15) is 0 Å². The van der Waals surface area contributed by atoms with E-state index in [0.717, 1.165) is 6.42 Å². The summed E-state index contributed by atoms with van der Waals surface area (Å²) in [6, 6.07) is 0. The molecule has 1 amide bonds. The van der Waals surface area contributed by atoms with Crippen LogP contribution in [0, 0.1) is 0 Å². The zero-order chi connectivity index (χ0) is 12.1. The molecule has 0 heterocycles. The van der Waals surface area contributed by atoms with Crippen LogP contribution >= 0.6 is 18.0 Å². The van der Waals surface area contributed by atoms with E-state index in [2.05, 4.69) is 11.7 Å². The second-order valence-corrected chi connectivity index (χ2v) is 8.36. The lowest BCUT2D eigenvalue weighted by atomic mass is 10.4. The van der Waals surface area contributed by atoms with E-state index < -0.39 is 6.65 Å². The normalized spacial score (nSPS) is 16.5. The van der Waals surface area contributed by atoms with E-state index in [9.17, 15) is 9.36 Å². The summed E-state index contributed by atoms with van der Waals surface area (Å²) in [5, 5.41) is 2.97. The molecule has 0 aliphatic rings. The van der Waals surface area contributed by atoms with E-state index in [0.29, 0.717) is 0 Å². The number of nitrogens with zero attached hydrogens (tertiary/aromatic N) is 1. The quantitative estimate of drug-likeness (QED) is 0.581. The van der Waals surface area contributed by atoms with Crippen molar-refractivity contribution < 1.29 is 9.36 Å². The Labute approximate surface area is 95.7 Å². The molecule has 0 saturated heterocycles. The smallest absolute Gasteiger partial charge is 0.273 e. The van der Waals surface area contributed by atoms with Crippen molar-refractivity contribution in [2.24, 2.45) is 0 Å². The molecule has 0 aromatic carbocycles. The minimum absolute atomic E-state index is 0.239. The van der Waals surface area contributed by atoms with Gasteiger partial charge in [-0.05, 0) is 19.5 Å². The predicted octanol–water partition coefficient (Wildman–Crippen LogP) is 2.49. The largest absolute Gasteiger partial charge is 0.294 e. The average Bonchev–Trinajstić information content (AvgIpc) is 2.26. The molecule has 6 heteroatoms. The highest BCUT2D eigenvalue weighted by molar-refractivity contribution is 8.57. The van der Waals surface area contributed by atoms with Gasteiger partial charge in [0.05, 0.1) is 0 Å². The van der Waals surface area contributed by atoms with Crippen LogP contribution in [0.15, 0.2) is 12.7 Å². The third-order valence-corrected chi connectivity index (χ3v) is 7.82. The zero-order valence-electron chi connectivity index (χ0n) is 9.69. The van der Waals surface area contributed by atoms with Gasteiger partial charge >= 0.3 is 0 Å². The van der Waals surface area contributed by atoms with E-state index in [-0.39, 0.29) is 11.2 Å². The molecule has 0 rings (SSSR count). The minimum Gasteiger partial charge on any atom is -0.273 e. The summed E-state index contributed by atoms with van der Waals surface area (Å²) >= 11 is 1.30. The summed E-state index contributed by atoms with van der Waals surface area (Å²) in [6.45, 7) is 4.53. The van der Waals surface area contributed by atoms with Crippen molar-refractivity contribution in [3.05, 3.63) is 12.7 Å². The molecular formula is C9H19N2O2PS. The van der Waals surface area contributed by atoms with Crippen molar-refractivity contribution in [3.63, 3.8) is 0 Å². The van der Waals surface area contributed by atoms with Crippen LogP contribution in [0.1, 0.15) is 20.3 Å². The number of likely N-dealkylation sites (N-methyl/N-ethyl adjacent to an activating group) is 1. The van der Waals surface area contributed by atoms with Gasteiger partial charge in [0, 0.05) is 12.3 Å². The highest BCUT2D eigenvalue weighted by atomic mass is 32.7. The van der Waals surface area contributed by atoms with E-state index >= 15 is 0 Å². The van der Waals surface area contributed by atoms with Crippen molar-refractivity contribution in [2.75, 3.05) is 14.1 Å². The first-order chi connectivity index (χ1) is 6.91. The summed E-state index contributed by atoms with van der Waals surface area (Å²) in [6.07, 6.45) is 2.08. The second kappa shape index (κ2) is 6.36. The highest BCUT2D eigenvalue weighted by Gasteiger charge is 2.30. The summed E-state index contributed by atoms with van der Waals surface area (Å²) in [4.78, 5) is 11.4. The fourth-order valence-electron chi connectivity index (χ4n) is 0.854. The SMILES string of the molecule is C=CC(=O)N(C)P(=O)(NC)SC(C)CC. The van der Waals surface area contributed by atoms with Crippen LogP contribution in [0.25, 0.3) is 0 Å². The Kier molecular flexibility index (Phi) is 6.25. The molecule has 0 aliphatic heterocycles. The maximum absolute atomic E-state index is 12.4. The molecule has 0 aliphatic carbocycles. The van der Waals surface area contributed by atoms with Gasteiger partial charge in [-0.15, -0.1) is 0 Å². The second-order valence-electron chi connectivity index (χ2n) is 3.13. The van der Waals surface area contributed by atoms with Gasteiger partial charge in [-0.3, -0.25) is 14.0 Å². The van der Waals surface area contributed by atoms with Gasteiger partial charge in [-0.2, -0.15) is 0 Å². The van der Waals surface area contributed by atoms with Gasteiger partial charge in [0.15, 0.2) is 0 Å². The molecule has 4 nitrogen and oxygen atoms in total. The Morgan fingerprint density at radius 2 is 2.27 bits per heavy atom. The first-order valence-electron chi connectivity index (χ1n) is 4.79. The molecule has 0 radical (unpaired) electrons. The number of hydrogen-bond donors (Lipinski definition) is 1. The fraction of sp³-hybridized carbons (Fsp3) is 0.667. The molecule has 0 bridgehead atoms. The average molecular weight is 250 g/mol. The Morgan fingerprint density at radius 1 is 1.73 bits per heavy atom. The summed E-state index contributed by atoms with van der Waals surface area (Å²) in [5.74, 6) is -0.330. The van der Waals surface area contributed by atoms with Crippen molar-refractivity contribution in [1.82, 2.24) is 9.76 Å². The molecule has 2 unspecified atom stereocenters. The van der Waals surface area contributed by atoms with Crippen molar-refractivity contribution >= 4 is 23.9 Å². The third-order valence-electron chi connectivity index (χ3n) is 2.07. The predicted molar refractivity (Wildman–Crippen MR) is 67.0 cm³/mol. The number of hydrogen-bond acceptors (Lipinski definition) is 3. The van der Waals surface area contributed by atoms with Crippen molar-refractivity contribution in [2.45, 2.75) is 25.5 Å². The Morgan fingerprint density at radius 3 is 2.60 bits per heavy atom. The number of carbonyl (C=O) groups is 1. The van der Waals surface area contributed by atoms with Crippen LogP contribution in [0.2, 0.25) is 0 Å². The molecule has 0 fully saturated rings. The molecule has 1 N–H and O–H groups in total. The Bertz CT molecular complexity index is 283. The van der Waals surface area contributed by atoms with Gasteiger partial charge in [-0.1, -0.05) is 31.8 Å². The van der Waals surface area contributed by atoms with E-state index in [4.69, 9.17) is 0 Å². The first-order valence-corrected chi connectivity index (χ1v) is 7.93. The minimum atomic E-state index is -2.86. The van der Waals surface area contributed by atoms with Crippen LogP contribution in [-0.2, 0) is 9.36 Å². The maximum atomic E-state index is 12.4. The number of carbonyl (C=O) groups excluding carboxylic acids is 1. The maximum Gasteiger partial charge on any atom is 0.294 e. The lowest BCUT2D eigenvalue weighted by Crippen LogP contribution is -2.26. The molecular weight excluding hydrogens is 231 g/mol. The summed E-state index contributed by atoms with van der Waals surface area (Å²) in [5.41, 5.74) is 0. The molecule has 0 spiro atoms. The third kappa shape index (κ3) is 4.01. The monoisotopic (exact) mass is 250 g/mol. The lowest BCUT2D eigenvalue weighted by Gasteiger charge is -2.27. The Hall–Kier alpha value is -0.250. The van der Waals surface area contributed by atoms with Crippen LogP contribution in [0.5, 0.6) is 0 Å². The number of nitrogens with one attached hydrogen (secondary N) is 1. The van der Waals surface area contributed by atoms with Gasteiger partial charge in [-0.25, -0.2) is 5.09 Å². The van der Waals surface area contributed by atoms with Crippen LogP contribution in [0.4, 0.5) is 0 Å². The fourth-order valence-corrected chi connectivity index (χ4v) is 5.27. The van der Waals surface area contributed by atoms with Crippen LogP contribution < -0.4 is 5.09 Å². The highest BCUT2D eigenvalue weighted by Crippen LogP contribution is 2.59. The number of rotatable bonds is 6. The van der Waals surface area contributed by atoms with Gasteiger partial charge in [0.25, 0.3) is 12.6 Å². The molecule has 2 atom stereocenters. The molecule has 88 valence electrons. The Balaban J connectivity index is 4.76. The van der Waals surface area contributed by atoms with E-state index in [1.54, 1.807) is 7.05 Å². The zero-order valence-corrected chi connectivity index (χ0v) is 11.4. The van der Waals surface area contributed by atoms with Gasteiger partial charge < -0.3 is 0 Å². The molecule has 15 heavy (non-hydrogen) atoms. The van der Waals surface area contributed by atoms with Crippen molar-refractivity contribution in [3.8, 4) is 0 Å². The molecule has 0 aromatic rings. The van der Waals surface area contributed by atoms with Crippen LogP contribution in [-0.4, -0.2) is 29.9 Å². The topological polar surface area (TPSA) is 49.4 Å². The van der Waals surface area contributed by atoms with Gasteiger partial charge in [0.2, 0.25) is 0 Å².